The summed E-state index contributed by atoms with van der Waals surface area (Å²) >= 11 is 0. The molecule has 1 unspecified atom stereocenters. The van der Waals surface area contributed by atoms with Gasteiger partial charge < -0.3 is 9.64 Å². The second-order valence-corrected chi connectivity index (χ2v) is 4.14. The standard InChI is InChI=1S/C11H21NO2/c1-3-9-14-11(13)12-7-4-5-10(2)6-8-12/h10H,3-9H2,1-2H3. The molecule has 0 aromatic rings. The number of ether oxygens (including phenoxy) is 1. The molecular weight excluding hydrogens is 178 g/mol. The number of carbonyl (C=O) groups is 1. The van der Waals surface area contributed by atoms with Gasteiger partial charge in [0.05, 0.1) is 6.61 Å². The molecule has 1 atom stereocenters. The summed E-state index contributed by atoms with van der Waals surface area (Å²) in [5.41, 5.74) is 0. The van der Waals surface area contributed by atoms with Crippen LogP contribution in [-0.2, 0) is 4.74 Å². The van der Waals surface area contributed by atoms with E-state index in [1.54, 1.807) is 0 Å². The van der Waals surface area contributed by atoms with Crippen molar-refractivity contribution in [2.24, 2.45) is 5.92 Å². The van der Waals surface area contributed by atoms with Crippen molar-refractivity contribution in [3.05, 3.63) is 0 Å². The summed E-state index contributed by atoms with van der Waals surface area (Å²) < 4.78 is 5.11. The molecule has 1 heterocycles. The van der Waals surface area contributed by atoms with Gasteiger partial charge in [0, 0.05) is 13.1 Å². The van der Waals surface area contributed by atoms with E-state index in [0.717, 1.165) is 38.3 Å². The molecule has 0 saturated carbocycles. The van der Waals surface area contributed by atoms with Gasteiger partial charge in [-0.3, -0.25) is 0 Å². The molecule has 0 N–H and O–H groups in total. The molecular formula is C11H21NO2. The van der Waals surface area contributed by atoms with E-state index in [1.165, 1.54) is 6.42 Å². The first-order chi connectivity index (χ1) is 6.74. The molecule has 82 valence electrons. The van der Waals surface area contributed by atoms with Crippen LogP contribution in [-0.4, -0.2) is 30.7 Å². The maximum atomic E-state index is 11.5. The molecule has 3 nitrogen and oxygen atoms in total. The lowest BCUT2D eigenvalue weighted by atomic mass is 10.0. The van der Waals surface area contributed by atoms with Crippen LogP contribution in [0.25, 0.3) is 0 Å². The van der Waals surface area contributed by atoms with Crippen LogP contribution < -0.4 is 0 Å². The number of rotatable bonds is 2. The third-order valence-electron chi connectivity index (χ3n) is 2.70. The van der Waals surface area contributed by atoms with Crippen LogP contribution in [0.5, 0.6) is 0 Å². The minimum absolute atomic E-state index is 0.124. The predicted molar refractivity (Wildman–Crippen MR) is 56.2 cm³/mol. The molecule has 1 fully saturated rings. The molecule has 1 amide bonds. The molecule has 0 aromatic carbocycles. The molecule has 1 aliphatic heterocycles. The highest BCUT2D eigenvalue weighted by atomic mass is 16.6. The van der Waals surface area contributed by atoms with Gasteiger partial charge in [-0.2, -0.15) is 0 Å². The lowest BCUT2D eigenvalue weighted by Gasteiger charge is -2.19. The molecule has 0 radical (unpaired) electrons. The first kappa shape index (κ1) is 11.3. The van der Waals surface area contributed by atoms with Gasteiger partial charge >= 0.3 is 6.09 Å². The Bertz CT molecular complexity index is 182. The molecule has 0 spiro atoms. The van der Waals surface area contributed by atoms with Gasteiger partial charge in [-0.05, 0) is 31.6 Å². The number of amides is 1. The Morgan fingerprint density at radius 2 is 2.21 bits per heavy atom. The van der Waals surface area contributed by atoms with E-state index < -0.39 is 0 Å². The van der Waals surface area contributed by atoms with Gasteiger partial charge in [-0.15, -0.1) is 0 Å². The van der Waals surface area contributed by atoms with E-state index in [1.807, 2.05) is 11.8 Å². The third-order valence-corrected chi connectivity index (χ3v) is 2.70. The minimum Gasteiger partial charge on any atom is -0.449 e. The second kappa shape index (κ2) is 5.89. The van der Waals surface area contributed by atoms with Gasteiger partial charge in [0.1, 0.15) is 0 Å². The molecule has 1 aliphatic rings. The molecule has 14 heavy (non-hydrogen) atoms. The highest BCUT2D eigenvalue weighted by Gasteiger charge is 2.18. The Balaban J connectivity index is 2.31. The number of carbonyl (C=O) groups excluding carboxylic acids is 1. The van der Waals surface area contributed by atoms with Crippen molar-refractivity contribution in [2.75, 3.05) is 19.7 Å². The first-order valence-electron chi connectivity index (χ1n) is 5.65. The molecule has 1 rings (SSSR count). The quantitative estimate of drug-likeness (QED) is 0.684. The zero-order chi connectivity index (χ0) is 10.4. The SMILES string of the molecule is CCCOC(=O)N1CCCC(C)CC1. The summed E-state index contributed by atoms with van der Waals surface area (Å²) in [6.45, 7) is 6.54. The summed E-state index contributed by atoms with van der Waals surface area (Å²) in [5, 5.41) is 0. The number of hydrogen-bond donors (Lipinski definition) is 0. The number of likely N-dealkylation sites (tertiary alicyclic amines) is 1. The summed E-state index contributed by atoms with van der Waals surface area (Å²) in [6, 6.07) is 0. The predicted octanol–water partition coefficient (Wildman–Crippen LogP) is 2.66. The average molecular weight is 199 g/mol. The maximum absolute atomic E-state index is 11.5. The number of nitrogens with zero attached hydrogens (tertiary/aromatic N) is 1. The summed E-state index contributed by atoms with van der Waals surface area (Å²) in [7, 11) is 0. The monoisotopic (exact) mass is 199 g/mol. The van der Waals surface area contributed by atoms with Crippen LogP contribution >= 0.6 is 0 Å². The fourth-order valence-electron chi connectivity index (χ4n) is 1.73. The lowest BCUT2D eigenvalue weighted by Crippen LogP contribution is -2.32. The highest BCUT2D eigenvalue weighted by Crippen LogP contribution is 2.16. The second-order valence-electron chi connectivity index (χ2n) is 4.14. The van der Waals surface area contributed by atoms with E-state index in [0.29, 0.717) is 6.61 Å². The lowest BCUT2D eigenvalue weighted by molar-refractivity contribution is 0.103. The topological polar surface area (TPSA) is 29.5 Å². The smallest absolute Gasteiger partial charge is 0.409 e. The van der Waals surface area contributed by atoms with Crippen molar-refractivity contribution in [2.45, 2.75) is 39.5 Å². The van der Waals surface area contributed by atoms with Crippen LogP contribution in [0.15, 0.2) is 0 Å². The van der Waals surface area contributed by atoms with Gasteiger partial charge in [0.2, 0.25) is 0 Å². The Labute approximate surface area is 86.4 Å². The fraction of sp³-hybridized carbons (Fsp3) is 0.909. The first-order valence-corrected chi connectivity index (χ1v) is 5.65. The van der Waals surface area contributed by atoms with E-state index in [9.17, 15) is 4.79 Å². The highest BCUT2D eigenvalue weighted by molar-refractivity contribution is 5.67. The van der Waals surface area contributed by atoms with Gasteiger partial charge in [-0.25, -0.2) is 4.79 Å². The van der Waals surface area contributed by atoms with Crippen LogP contribution in [0.1, 0.15) is 39.5 Å². The Morgan fingerprint density at radius 1 is 1.43 bits per heavy atom. The maximum Gasteiger partial charge on any atom is 0.409 e. The number of hydrogen-bond acceptors (Lipinski definition) is 2. The molecule has 0 bridgehead atoms. The fourth-order valence-corrected chi connectivity index (χ4v) is 1.73. The average Bonchev–Trinajstić information content (AvgIpc) is 2.39. The van der Waals surface area contributed by atoms with Gasteiger partial charge in [0.15, 0.2) is 0 Å². The minimum atomic E-state index is -0.124. The van der Waals surface area contributed by atoms with Crippen molar-refractivity contribution < 1.29 is 9.53 Å². The van der Waals surface area contributed by atoms with E-state index in [4.69, 9.17) is 4.74 Å². The summed E-state index contributed by atoms with van der Waals surface area (Å²) in [6.07, 6.45) is 4.23. The molecule has 0 aromatic heterocycles. The third kappa shape index (κ3) is 3.56. The summed E-state index contributed by atoms with van der Waals surface area (Å²) in [4.78, 5) is 13.4. The van der Waals surface area contributed by atoms with Crippen LogP contribution in [0.2, 0.25) is 0 Å². The van der Waals surface area contributed by atoms with Crippen molar-refractivity contribution >= 4 is 6.09 Å². The Morgan fingerprint density at radius 3 is 2.93 bits per heavy atom. The van der Waals surface area contributed by atoms with Gasteiger partial charge in [0.25, 0.3) is 0 Å². The largest absolute Gasteiger partial charge is 0.449 e. The van der Waals surface area contributed by atoms with Crippen molar-refractivity contribution in [1.29, 1.82) is 0 Å². The summed E-state index contributed by atoms with van der Waals surface area (Å²) in [5.74, 6) is 0.749. The van der Waals surface area contributed by atoms with E-state index in [2.05, 4.69) is 6.92 Å². The van der Waals surface area contributed by atoms with E-state index >= 15 is 0 Å². The van der Waals surface area contributed by atoms with Crippen LogP contribution in [0.4, 0.5) is 4.79 Å². The Hall–Kier alpha value is -0.730. The Kier molecular flexibility index (Phi) is 4.77. The van der Waals surface area contributed by atoms with Gasteiger partial charge in [-0.1, -0.05) is 13.8 Å². The van der Waals surface area contributed by atoms with Crippen molar-refractivity contribution in [3.8, 4) is 0 Å². The molecule has 1 saturated heterocycles. The normalized spacial score (nSPS) is 23.0. The zero-order valence-electron chi connectivity index (χ0n) is 9.29. The molecule has 0 aliphatic carbocycles. The van der Waals surface area contributed by atoms with Crippen molar-refractivity contribution in [3.63, 3.8) is 0 Å². The van der Waals surface area contributed by atoms with Crippen LogP contribution in [0, 0.1) is 5.92 Å². The van der Waals surface area contributed by atoms with Crippen molar-refractivity contribution in [1.82, 2.24) is 4.90 Å². The molecule has 3 heteroatoms. The van der Waals surface area contributed by atoms with E-state index in [-0.39, 0.29) is 6.09 Å². The van der Waals surface area contributed by atoms with Crippen LogP contribution in [0.3, 0.4) is 0 Å². The zero-order valence-corrected chi connectivity index (χ0v) is 9.29.